The maximum atomic E-state index is 11.3. The number of hydrogen-bond acceptors (Lipinski definition) is 4. The Kier molecular flexibility index (Phi) is 2.85. The number of fused-ring (bicyclic) bond motifs is 1. The summed E-state index contributed by atoms with van der Waals surface area (Å²) >= 11 is 0. The number of benzene rings is 2. The molecule has 4 rings (SSSR count). The summed E-state index contributed by atoms with van der Waals surface area (Å²) in [6, 6.07) is 14.4. The normalized spacial score (nSPS) is 21.1. The SMILES string of the molecule is NS(=O)(=O)c1ccc([C@H]2C[C@@H]2c2nc3ccccc3o2)cc1. The third-order valence-electron chi connectivity index (χ3n) is 4.05. The first kappa shape index (κ1) is 13.5. The van der Waals surface area contributed by atoms with E-state index in [2.05, 4.69) is 4.98 Å². The zero-order valence-electron chi connectivity index (χ0n) is 11.6. The average Bonchev–Trinajstić information content (AvgIpc) is 3.18. The molecule has 6 heteroatoms. The van der Waals surface area contributed by atoms with Crippen molar-refractivity contribution >= 4 is 21.1 Å². The van der Waals surface area contributed by atoms with E-state index in [0.717, 1.165) is 29.0 Å². The van der Waals surface area contributed by atoms with Crippen molar-refractivity contribution in [2.45, 2.75) is 23.2 Å². The molecule has 2 N–H and O–H groups in total. The van der Waals surface area contributed by atoms with Gasteiger partial charge in [-0.15, -0.1) is 0 Å². The van der Waals surface area contributed by atoms with Crippen LogP contribution in [-0.4, -0.2) is 13.4 Å². The highest BCUT2D eigenvalue weighted by Gasteiger charge is 2.43. The van der Waals surface area contributed by atoms with Crippen LogP contribution in [0.4, 0.5) is 0 Å². The van der Waals surface area contributed by atoms with Crippen LogP contribution in [0, 0.1) is 0 Å². The molecule has 22 heavy (non-hydrogen) atoms. The molecule has 1 aliphatic rings. The van der Waals surface area contributed by atoms with Gasteiger partial charge >= 0.3 is 0 Å². The Morgan fingerprint density at radius 1 is 1.05 bits per heavy atom. The lowest BCUT2D eigenvalue weighted by Gasteiger charge is -2.01. The third kappa shape index (κ3) is 2.30. The zero-order chi connectivity index (χ0) is 15.3. The molecule has 1 aromatic heterocycles. The van der Waals surface area contributed by atoms with Crippen molar-refractivity contribution in [2.75, 3.05) is 0 Å². The molecule has 1 fully saturated rings. The first-order valence-electron chi connectivity index (χ1n) is 7.00. The molecule has 0 saturated heterocycles. The minimum absolute atomic E-state index is 0.135. The van der Waals surface area contributed by atoms with E-state index in [1.807, 2.05) is 36.4 Å². The van der Waals surface area contributed by atoms with E-state index in [9.17, 15) is 8.42 Å². The van der Waals surface area contributed by atoms with Gasteiger partial charge in [0.05, 0.1) is 4.90 Å². The van der Waals surface area contributed by atoms with E-state index in [0.29, 0.717) is 5.92 Å². The highest BCUT2D eigenvalue weighted by atomic mass is 32.2. The molecule has 0 unspecified atom stereocenters. The van der Waals surface area contributed by atoms with E-state index >= 15 is 0 Å². The number of aromatic nitrogens is 1. The maximum absolute atomic E-state index is 11.3. The quantitative estimate of drug-likeness (QED) is 0.805. The van der Waals surface area contributed by atoms with Crippen LogP contribution >= 0.6 is 0 Å². The highest BCUT2D eigenvalue weighted by Crippen LogP contribution is 2.54. The van der Waals surface area contributed by atoms with Gasteiger partial charge in [-0.25, -0.2) is 18.5 Å². The molecule has 0 aliphatic heterocycles. The standard InChI is InChI=1S/C16H14N2O3S/c17-22(19,20)11-7-5-10(6-8-11)12-9-13(12)16-18-14-3-1-2-4-15(14)21-16/h1-8,12-13H,9H2,(H2,17,19,20)/t12-,13+/m1/s1. The van der Waals surface area contributed by atoms with E-state index in [1.165, 1.54) is 0 Å². The lowest BCUT2D eigenvalue weighted by atomic mass is 10.1. The molecule has 1 saturated carbocycles. The molecule has 1 heterocycles. The molecule has 2 atom stereocenters. The minimum Gasteiger partial charge on any atom is -0.440 e. The number of nitrogens with zero attached hydrogens (tertiary/aromatic N) is 1. The molecule has 0 bridgehead atoms. The van der Waals surface area contributed by atoms with Crippen LogP contribution in [0.25, 0.3) is 11.1 Å². The summed E-state index contributed by atoms with van der Waals surface area (Å²) in [5.74, 6) is 1.33. The van der Waals surface area contributed by atoms with Crippen LogP contribution in [0.15, 0.2) is 57.8 Å². The van der Waals surface area contributed by atoms with Crippen LogP contribution in [0.2, 0.25) is 0 Å². The van der Waals surface area contributed by atoms with Crippen molar-refractivity contribution in [3.8, 4) is 0 Å². The van der Waals surface area contributed by atoms with E-state index in [1.54, 1.807) is 12.1 Å². The predicted molar refractivity (Wildman–Crippen MR) is 81.9 cm³/mol. The summed E-state index contributed by atoms with van der Waals surface area (Å²) in [4.78, 5) is 4.66. The molecule has 3 aromatic rings. The zero-order valence-corrected chi connectivity index (χ0v) is 12.5. The number of sulfonamides is 1. The molecule has 112 valence electrons. The Morgan fingerprint density at radius 2 is 1.77 bits per heavy atom. The van der Waals surface area contributed by atoms with E-state index in [-0.39, 0.29) is 10.8 Å². The number of primary sulfonamides is 1. The fraction of sp³-hybridized carbons (Fsp3) is 0.188. The Hall–Kier alpha value is -2.18. The Bertz CT molecular complexity index is 912. The van der Waals surface area contributed by atoms with Gasteiger partial charge in [-0.05, 0) is 42.2 Å². The van der Waals surface area contributed by atoms with Gasteiger partial charge in [-0.1, -0.05) is 24.3 Å². The summed E-state index contributed by atoms with van der Waals surface area (Å²) in [7, 11) is -3.64. The van der Waals surface area contributed by atoms with Gasteiger partial charge in [0.1, 0.15) is 5.52 Å². The van der Waals surface area contributed by atoms with Crippen molar-refractivity contribution < 1.29 is 12.8 Å². The summed E-state index contributed by atoms with van der Waals surface area (Å²) in [6.45, 7) is 0. The Labute approximate surface area is 127 Å². The number of oxazole rings is 1. The van der Waals surface area contributed by atoms with Gasteiger partial charge in [0, 0.05) is 5.92 Å². The van der Waals surface area contributed by atoms with Gasteiger partial charge in [-0.2, -0.15) is 0 Å². The smallest absolute Gasteiger partial charge is 0.238 e. The van der Waals surface area contributed by atoms with Crippen molar-refractivity contribution in [3.05, 3.63) is 60.0 Å². The summed E-state index contributed by atoms with van der Waals surface area (Å²) in [6.07, 6.45) is 0.960. The van der Waals surface area contributed by atoms with Crippen LogP contribution < -0.4 is 5.14 Å². The lowest BCUT2D eigenvalue weighted by Crippen LogP contribution is -2.11. The van der Waals surface area contributed by atoms with Gasteiger partial charge in [0.15, 0.2) is 11.5 Å². The Balaban J connectivity index is 1.59. The Morgan fingerprint density at radius 3 is 2.45 bits per heavy atom. The first-order chi connectivity index (χ1) is 10.5. The summed E-state index contributed by atoms with van der Waals surface area (Å²) in [5.41, 5.74) is 2.75. The molecular formula is C16H14N2O3S. The van der Waals surface area contributed by atoms with Crippen molar-refractivity contribution in [2.24, 2.45) is 5.14 Å². The lowest BCUT2D eigenvalue weighted by molar-refractivity contribution is 0.529. The summed E-state index contributed by atoms with van der Waals surface area (Å²) < 4.78 is 28.3. The molecule has 5 nitrogen and oxygen atoms in total. The largest absolute Gasteiger partial charge is 0.440 e. The van der Waals surface area contributed by atoms with Gasteiger partial charge in [-0.3, -0.25) is 0 Å². The number of rotatable bonds is 3. The monoisotopic (exact) mass is 314 g/mol. The van der Waals surface area contributed by atoms with Crippen LogP contribution in [0.3, 0.4) is 0 Å². The molecule has 0 radical (unpaired) electrons. The molecule has 0 amide bonds. The molecular weight excluding hydrogens is 300 g/mol. The van der Waals surface area contributed by atoms with Crippen molar-refractivity contribution in [3.63, 3.8) is 0 Å². The van der Waals surface area contributed by atoms with Gasteiger partial charge < -0.3 is 4.42 Å². The van der Waals surface area contributed by atoms with Crippen LogP contribution in [0.1, 0.15) is 29.7 Å². The highest BCUT2D eigenvalue weighted by molar-refractivity contribution is 7.89. The number of nitrogens with two attached hydrogens (primary N) is 1. The predicted octanol–water partition coefficient (Wildman–Crippen LogP) is 2.75. The minimum atomic E-state index is -3.64. The van der Waals surface area contributed by atoms with Crippen LogP contribution in [0.5, 0.6) is 0 Å². The second kappa shape index (κ2) is 4.66. The van der Waals surface area contributed by atoms with Crippen LogP contribution in [-0.2, 0) is 10.0 Å². The topological polar surface area (TPSA) is 86.2 Å². The first-order valence-corrected chi connectivity index (χ1v) is 8.55. The third-order valence-corrected chi connectivity index (χ3v) is 4.98. The molecule has 2 aromatic carbocycles. The van der Waals surface area contributed by atoms with Crippen molar-refractivity contribution in [1.29, 1.82) is 0 Å². The molecule has 1 aliphatic carbocycles. The second-order valence-electron chi connectivity index (χ2n) is 5.58. The fourth-order valence-electron chi connectivity index (χ4n) is 2.79. The number of hydrogen-bond donors (Lipinski definition) is 1. The molecule has 0 spiro atoms. The fourth-order valence-corrected chi connectivity index (χ4v) is 3.31. The van der Waals surface area contributed by atoms with Crippen molar-refractivity contribution in [1.82, 2.24) is 4.98 Å². The van der Waals surface area contributed by atoms with Gasteiger partial charge in [0.25, 0.3) is 0 Å². The average molecular weight is 314 g/mol. The second-order valence-corrected chi connectivity index (χ2v) is 7.14. The van der Waals surface area contributed by atoms with E-state index in [4.69, 9.17) is 9.56 Å². The summed E-state index contributed by atoms with van der Waals surface area (Å²) in [5, 5.41) is 5.11. The van der Waals surface area contributed by atoms with Gasteiger partial charge in [0.2, 0.25) is 10.0 Å². The van der Waals surface area contributed by atoms with E-state index < -0.39 is 10.0 Å². The number of para-hydroxylation sites is 2. The maximum Gasteiger partial charge on any atom is 0.238 e.